The Balaban J connectivity index is 3.31. The van der Waals surface area contributed by atoms with Gasteiger partial charge in [0, 0.05) is 5.56 Å². The second-order valence-corrected chi connectivity index (χ2v) is 2.56. The fourth-order valence-electron chi connectivity index (χ4n) is 0.762. The molecule has 11 heavy (non-hydrogen) atoms. The molecular weight excluding hydrogens is 164 g/mol. The van der Waals surface area contributed by atoms with E-state index in [4.69, 9.17) is 12.2 Å². The number of nitro groups is 1. The summed E-state index contributed by atoms with van der Waals surface area (Å²) in [6.07, 6.45) is 1.30. The molecule has 0 aliphatic rings. The summed E-state index contributed by atoms with van der Waals surface area (Å²) in [6.45, 7) is 1.65. The Labute approximate surface area is 68.0 Å². The van der Waals surface area contributed by atoms with Crippen molar-refractivity contribution in [2.75, 3.05) is 0 Å². The highest BCUT2D eigenvalue weighted by molar-refractivity contribution is 7.71. The minimum atomic E-state index is -0.444. The van der Waals surface area contributed by atoms with E-state index in [1.54, 1.807) is 13.0 Å². The molecule has 0 aliphatic heterocycles. The summed E-state index contributed by atoms with van der Waals surface area (Å²) in [6, 6.07) is 1.56. The van der Waals surface area contributed by atoms with Crippen LogP contribution in [0.2, 0.25) is 0 Å². The van der Waals surface area contributed by atoms with E-state index in [0.717, 1.165) is 0 Å². The summed E-state index contributed by atoms with van der Waals surface area (Å²) in [7, 11) is 0. The number of aromatic amines is 1. The van der Waals surface area contributed by atoms with Gasteiger partial charge in [0.25, 0.3) is 5.69 Å². The number of nitrogens with zero attached hydrogens (tertiary/aromatic N) is 1. The standard InChI is InChI=1S/C6H6N2O2S/c1-4-2-6(11)7-3-5(4)8(9)10/h2-3H,1H3,(H,7,11). The zero-order valence-corrected chi connectivity index (χ0v) is 6.64. The highest BCUT2D eigenvalue weighted by Crippen LogP contribution is 2.14. The molecule has 1 N–H and O–H groups in total. The number of pyridine rings is 1. The maximum absolute atomic E-state index is 10.3. The van der Waals surface area contributed by atoms with E-state index in [2.05, 4.69) is 4.98 Å². The minimum Gasteiger partial charge on any atom is -0.347 e. The number of hydrogen-bond donors (Lipinski definition) is 1. The van der Waals surface area contributed by atoms with Crippen LogP contribution in [0.15, 0.2) is 12.3 Å². The lowest BCUT2D eigenvalue weighted by Crippen LogP contribution is -1.92. The monoisotopic (exact) mass is 170 g/mol. The largest absolute Gasteiger partial charge is 0.347 e. The molecule has 1 heterocycles. The summed E-state index contributed by atoms with van der Waals surface area (Å²) in [4.78, 5) is 12.4. The molecule has 58 valence electrons. The van der Waals surface area contributed by atoms with Crippen LogP contribution in [-0.2, 0) is 0 Å². The van der Waals surface area contributed by atoms with E-state index in [0.29, 0.717) is 10.2 Å². The van der Waals surface area contributed by atoms with E-state index in [9.17, 15) is 10.1 Å². The first-order valence-corrected chi connectivity index (χ1v) is 3.36. The lowest BCUT2D eigenvalue weighted by Gasteiger charge is -1.93. The van der Waals surface area contributed by atoms with Crippen molar-refractivity contribution in [3.05, 3.63) is 32.6 Å². The van der Waals surface area contributed by atoms with E-state index in [-0.39, 0.29) is 5.69 Å². The van der Waals surface area contributed by atoms with Crippen LogP contribution < -0.4 is 0 Å². The Morgan fingerprint density at radius 1 is 1.73 bits per heavy atom. The van der Waals surface area contributed by atoms with Crippen LogP contribution in [0.4, 0.5) is 5.69 Å². The Kier molecular flexibility index (Phi) is 2.00. The number of rotatable bonds is 1. The molecule has 0 atom stereocenters. The van der Waals surface area contributed by atoms with Gasteiger partial charge in [0.1, 0.15) is 4.64 Å². The highest BCUT2D eigenvalue weighted by Gasteiger charge is 2.07. The van der Waals surface area contributed by atoms with Crippen LogP contribution in [0.5, 0.6) is 0 Å². The van der Waals surface area contributed by atoms with Crippen molar-refractivity contribution in [2.24, 2.45) is 0 Å². The van der Waals surface area contributed by atoms with Gasteiger partial charge in [-0.15, -0.1) is 0 Å². The molecule has 0 unspecified atom stereocenters. The van der Waals surface area contributed by atoms with Gasteiger partial charge in [-0.25, -0.2) is 0 Å². The van der Waals surface area contributed by atoms with Gasteiger partial charge in [0.15, 0.2) is 0 Å². The van der Waals surface area contributed by atoms with Crippen molar-refractivity contribution in [2.45, 2.75) is 6.92 Å². The SMILES string of the molecule is Cc1cc(=S)[nH]cc1[N+](=O)[O-]. The second-order valence-electron chi connectivity index (χ2n) is 2.12. The van der Waals surface area contributed by atoms with Crippen molar-refractivity contribution in [3.8, 4) is 0 Å². The fourth-order valence-corrected chi connectivity index (χ4v) is 0.998. The van der Waals surface area contributed by atoms with Crippen LogP contribution in [0.1, 0.15) is 5.56 Å². The molecule has 1 rings (SSSR count). The summed E-state index contributed by atoms with van der Waals surface area (Å²) in [5.41, 5.74) is 0.650. The van der Waals surface area contributed by atoms with Crippen LogP contribution in [0, 0.1) is 21.7 Å². The first-order chi connectivity index (χ1) is 5.11. The Bertz CT molecular complexity index is 345. The summed E-state index contributed by atoms with van der Waals surface area (Å²) in [5, 5.41) is 10.3. The molecule has 0 saturated heterocycles. The van der Waals surface area contributed by atoms with Gasteiger partial charge in [-0.3, -0.25) is 10.1 Å². The van der Waals surface area contributed by atoms with E-state index in [1.165, 1.54) is 6.20 Å². The molecule has 1 aromatic rings. The summed E-state index contributed by atoms with van der Waals surface area (Å²) < 4.78 is 0.508. The third-order valence-electron chi connectivity index (χ3n) is 1.30. The lowest BCUT2D eigenvalue weighted by molar-refractivity contribution is -0.385. The van der Waals surface area contributed by atoms with Gasteiger partial charge < -0.3 is 4.98 Å². The van der Waals surface area contributed by atoms with Crippen molar-refractivity contribution in [1.82, 2.24) is 4.98 Å². The Hall–Kier alpha value is -1.23. The van der Waals surface area contributed by atoms with Gasteiger partial charge in [-0.1, -0.05) is 12.2 Å². The van der Waals surface area contributed by atoms with Crippen LogP contribution in [0.3, 0.4) is 0 Å². The van der Waals surface area contributed by atoms with Crippen molar-refractivity contribution in [3.63, 3.8) is 0 Å². The smallest absolute Gasteiger partial charge is 0.288 e. The number of aromatic nitrogens is 1. The molecule has 0 saturated carbocycles. The highest BCUT2D eigenvalue weighted by atomic mass is 32.1. The first kappa shape index (κ1) is 7.87. The first-order valence-electron chi connectivity index (χ1n) is 2.95. The quantitative estimate of drug-likeness (QED) is 0.398. The topological polar surface area (TPSA) is 58.9 Å². The van der Waals surface area contributed by atoms with Crippen molar-refractivity contribution >= 4 is 17.9 Å². The van der Waals surface area contributed by atoms with Gasteiger partial charge in [-0.2, -0.15) is 0 Å². The summed E-state index contributed by atoms with van der Waals surface area (Å²) >= 11 is 4.77. The normalized spacial score (nSPS) is 9.55. The molecular formula is C6H6N2O2S. The van der Waals surface area contributed by atoms with Gasteiger partial charge >= 0.3 is 0 Å². The van der Waals surface area contributed by atoms with E-state index >= 15 is 0 Å². The Morgan fingerprint density at radius 2 is 2.36 bits per heavy atom. The van der Waals surface area contributed by atoms with Crippen molar-refractivity contribution < 1.29 is 4.92 Å². The lowest BCUT2D eigenvalue weighted by atomic mass is 10.3. The van der Waals surface area contributed by atoms with Crippen molar-refractivity contribution in [1.29, 1.82) is 0 Å². The van der Waals surface area contributed by atoms with Crippen LogP contribution in [-0.4, -0.2) is 9.91 Å². The Morgan fingerprint density at radius 3 is 2.82 bits per heavy atom. The van der Waals surface area contributed by atoms with E-state index in [1.807, 2.05) is 0 Å². The molecule has 0 spiro atoms. The molecule has 0 radical (unpaired) electrons. The third kappa shape index (κ3) is 1.62. The molecule has 0 amide bonds. The number of hydrogen-bond acceptors (Lipinski definition) is 3. The predicted molar refractivity (Wildman–Crippen MR) is 43.0 cm³/mol. The number of H-pyrrole nitrogens is 1. The second kappa shape index (κ2) is 2.79. The maximum Gasteiger partial charge on any atom is 0.288 e. The zero-order chi connectivity index (χ0) is 8.43. The van der Waals surface area contributed by atoms with Gasteiger partial charge in [0.2, 0.25) is 0 Å². The molecule has 0 aromatic carbocycles. The molecule has 0 aliphatic carbocycles. The average molecular weight is 170 g/mol. The molecule has 0 fully saturated rings. The molecule has 1 aromatic heterocycles. The molecule has 4 nitrogen and oxygen atoms in total. The van der Waals surface area contributed by atoms with Gasteiger partial charge in [-0.05, 0) is 13.0 Å². The summed E-state index contributed by atoms with van der Waals surface area (Å²) in [5.74, 6) is 0. The molecule has 5 heteroatoms. The predicted octanol–water partition coefficient (Wildman–Crippen LogP) is 1.96. The number of aryl methyl sites for hydroxylation is 1. The average Bonchev–Trinajstić information content (AvgIpc) is 1.85. The fraction of sp³-hybridized carbons (Fsp3) is 0.167. The number of nitrogens with one attached hydrogen (secondary N) is 1. The third-order valence-corrected chi connectivity index (χ3v) is 1.54. The van der Waals surface area contributed by atoms with Gasteiger partial charge in [0.05, 0.1) is 11.1 Å². The van der Waals surface area contributed by atoms with Crippen LogP contribution in [0.25, 0.3) is 0 Å². The zero-order valence-electron chi connectivity index (χ0n) is 5.83. The van der Waals surface area contributed by atoms with Crippen LogP contribution >= 0.6 is 12.2 Å². The molecule has 0 bridgehead atoms. The van der Waals surface area contributed by atoms with E-state index < -0.39 is 4.92 Å². The maximum atomic E-state index is 10.3. The minimum absolute atomic E-state index is 0.0681.